The summed E-state index contributed by atoms with van der Waals surface area (Å²) in [4.78, 5) is 41.7. The summed E-state index contributed by atoms with van der Waals surface area (Å²) in [6.45, 7) is 0. The summed E-state index contributed by atoms with van der Waals surface area (Å²) < 4.78 is 0. The highest BCUT2D eigenvalue weighted by atomic mass is 16.7. The van der Waals surface area contributed by atoms with Crippen LogP contribution in [0.25, 0.3) is 0 Å². The number of aromatic amines is 3. The molecule has 0 radical (unpaired) electrons. The van der Waals surface area contributed by atoms with Gasteiger partial charge in [-0.1, -0.05) is 0 Å². The van der Waals surface area contributed by atoms with Gasteiger partial charge in [0.1, 0.15) is 5.69 Å². The molecule has 0 unspecified atom stereocenters. The van der Waals surface area contributed by atoms with Crippen molar-refractivity contribution >= 4 is 11.8 Å². The maximum absolute atomic E-state index is 11.4. The first kappa shape index (κ1) is 10.6. The van der Waals surface area contributed by atoms with E-state index in [2.05, 4.69) is 30.7 Å². The van der Waals surface area contributed by atoms with Gasteiger partial charge in [-0.3, -0.25) is 9.78 Å². The fourth-order valence-corrected chi connectivity index (χ4v) is 0.983. The Labute approximate surface area is 92.0 Å². The van der Waals surface area contributed by atoms with Crippen LogP contribution in [0.2, 0.25) is 0 Å². The summed E-state index contributed by atoms with van der Waals surface area (Å²) in [6, 6.07) is 0.897. The first-order valence-corrected chi connectivity index (χ1v) is 4.32. The van der Waals surface area contributed by atoms with Crippen LogP contribution in [0.4, 0.5) is 5.82 Å². The minimum Gasteiger partial charge on any atom is -0.335 e. The molecule has 17 heavy (non-hydrogen) atoms. The van der Waals surface area contributed by atoms with Crippen molar-refractivity contribution in [2.45, 2.75) is 0 Å². The fraction of sp³-hybridized carbons (Fsp3) is 0. The van der Waals surface area contributed by atoms with E-state index in [4.69, 9.17) is 0 Å². The Balaban J connectivity index is 2.09. The van der Waals surface area contributed by atoms with Gasteiger partial charge in [0.05, 0.1) is 6.20 Å². The molecule has 88 valence electrons. The normalized spacial score (nSPS) is 9.88. The van der Waals surface area contributed by atoms with Crippen LogP contribution in [0, 0.1) is 0 Å². The van der Waals surface area contributed by atoms with Gasteiger partial charge in [-0.05, 0) is 0 Å². The van der Waals surface area contributed by atoms with Crippen LogP contribution in [-0.4, -0.2) is 31.3 Å². The largest absolute Gasteiger partial charge is 0.379 e. The summed E-state index contributed by atoms with van der Waals surface area (Å²) >= 11 is 0. The predicted molar refractivity (Wildman–Crippen MR) is 53.1 cm³/mol. The number of nitrogens with one attached hydrogen (secondary N) is 4. The number of anilines is 1. The maximum Gasteiger partial charge on any atom is 0.379 e. The van der Waals surface area contributed by atoms with Gasteiger partial charge in [0.2, 0.25) is 5.82 Å². The molecule has 0 fully saturated rings. The molecule has 4 N–H and O–H groups in total. The third-order valence-electron chi connectivity index (χ3n) is 1.64. The standard InChI is InChI=1S/C7H6N6O4/c14-5-1-3(9-7(16)10-5)6(15)17-12-4-2-8-13-11-4/h1-2H,(H2,8,11,12,13)(H2,9,10,14,16). The number of hydrogen-bond donors (Lipinski definition) is 4. The Morgan fingerprint density at radius 3 is 2.82 bits per heavy atom. The molecule has 0 aliphatic carbocycles. The van der Waals surface area contributed by atoms with E-state index in [1.165, 1.54) is 6.20 Å². The van der Waals surface area contributed by atoms with Crippen LogP contribution in [0.5, 0.6) is 0 Å². The van der Waals surface area contributed by atoms with Gasteiger partial charge in [0.25, 0.3) is 5.56 Å². The number of carbonyl (C=O) groups is 1. The second kappa shape index (κ2) is 4.30. The molecule has 0 atom stereocenters. The molecule has 2 rings (SSSR count). The lowest BCUT2D eigenvalue weighted by Crippen LogP contribution is -2.26. The zero-order valence-corrected chi connectivity index (χ0v) is 8.18. The first-order chi connectivity index (χ1) is 8.15. The average Bonchev–Trinajstić information content (AvgIpc) is 2.77. The van der Waals surface area contributed by atoms with Gasteiger partial charge in [0, 0.05) is 6.07 Å². The monoisotopic (exact) mass is 238 g/mol. The van der Waals surface area contributed by atoms with E-state index in [-0.39, 0.29) is 11.5 Å². The molecule has 0 amide bonds. The summed E-state index contributed by atoms with van der Waals surface area (Å²) in [6.07, 6.45) is 1.27. The molecular weight excluding hydrogens is 232 g/mol. The topological polar surface area (TPSA) is 146 Å². The molecule has 2 heterocycles. The van der Waals surface area contributed by atoms with E-state index in [1.54, 1.807) is 0 Å². The zero-order chi connectivity index (χ0) is 12.3. The molecule has 10 heteroatoms. The quantitative estimate of drug-likeness (QED) is 0.469. The second-order valence-electron chi connectivity index (χ2n) is 2.85. The van der Waals surface area contributed by atoms with Crippen molar-refractivity contribution in [2.24, 2.45) is 0 Å². The molecule has 0 aliphatic rings. The Bertz CT molecular complexity index is 598. The first-order valence-electron chi connectivity index (χ1n) is 4.32. The van der Waals surface area contributed by atoms with Crippen LogP contribution in [0.1, 0.15) is 10.5 Å². The van der Waals surface area contributed by atoms with Crippen molar-refractivity contribution in [2.75, 3.05) is 5.48 Å². The number of nitrogens with zero attached hydrogens (tertiary/aromatic N) is 2. The Kier molecular flexibility index (Phi) is 2.68. The minimum absolute atomic E-state index is 0.172. The van der Waals surface area contributed by atoms with Crippen molar-refractivity contribution in [1.82, 2.24) is 25.4 Å². The SMILES string of the molecule is O=C(ONc1cn[nH]n1)c1cc(=O)[nH]c(=O)[nH]1. The van der Waals surface area contributed by atoms with Gasteiger partial charge in [-0.2, -0.15) is 15.8 Å². The van der Waals surface area contributed by atoms with Gasteiger partial charge >= 0.3 is 11.7 Å². The van der Waals surface area contributed by atoms with Crippen molar-refractivity contribution in [3.8, 4) is 0 Å². The smallest absolute Gasteiger partial charge is 0.335 e. The maximum atomic E-state index is 11.4. The third-order valence-corrected chi connectivity index (χ3v) is 1.64. The summed E-state index contributed by atoms with van der Waals surface area (Å²) in [5, 5.41) is 9.30. The summed E-state index contributed by atoms with van der Waals surface area (Å²) in [5.74, 6) is -0.762. The second-order valence-corrected chi connectivity index (χ2v) is 2.85. The highest BCUT2D eigenvalue weighted by Crippen LogP contribution is 1.98. The van der Waals surface area contributed by atoms with Crippen LogP contribution in [0.15, 0.2) is 21.9 Å². The van der Waals surface area contributed by atoms with Crippen LogP contribution < -0.4 is 16.7 Å². The Morgan fingerprint density at radius 1 is 1.35 bits per heavy atom. The Morgan fingerprint density at radius 2 is 2.18 bits per heavy atom. The highest BCUT2D eigenvalue weighted by molar-refractivity contribution is 5.87. The number of aromatic nitrogens is 5. The third kappa shape index (κ3) is 2.56. The van der Waals surface area contributed by atoms with Gasteiger partial charge in [-0.15, -0.1) is 5.10 Å². The van der Waals surface area contributed by atoms with Crippen LogP contribution in [-0.2, 0) is 4.84 Å². The van der Waals surface area contributed by atoms with Crippen molar-refractivity contribution < 1.29 is 9.63 Å². The predicted octanol–water partition coefficient (Wildman–Crippen LogP) is -1.63. The van der Waals surface area contributed by atoms with Gasteiger partial charge in [0.15, 0.2) is 0 Å². The van der Waals surface area contributed by atoms with Crippen molar-refractivity contribution in [3.63, 3.8) is 0 Å². The average molecular weight is 238 g/mol. The van der Waals surface area contributed by atoms with E-state index in [0.29, 0.717) is 0 Å². The lowest BCUT2D eigenvalue weighted by Gasteiger charge is -2.02. The summed E-state index contributed by atoms with van der Waals surface area (Å²) in [5.41, 5.74) is 0.384. The number of carbonyl (C=O) groups excluding carboxylic acids is 1. The zero-order valence-electron chi connectivity index (χ0n) is 8.18. The number of H-pyrrole nitrogens is 3. The van der Waals surface area contributed by atoms with Crippen LogP contribution in [0.3, 0.4) is 0 Å². The van der Waals surface area contributed by atoms with Gasteiger partial charge < -0.3 is 9.82 Å². The van der Waals surface area contributed by atoms with E-state index in [0.717, 1.165) is 6.07 Å². The van der Waals surface area contributed by atoms with E-state index in [9.17, 15) is 14.4 Å². The number of hydrogen-bond acceptors (Lipinski definition) is 7. The Hall–Kier alpha value is -2.91. The molecule has 10 nitrogen and oxygen atoms in total. The van der Waals surface area contributed by atoms with Crippen molar-refractivity contribution in [1.29, 1.82) is 0 Å². The minimum atomic E-state index is -0.934. The lowest BCUT2D eigenvalue weighted by molar-refractivity contribution is 0.0587. The lowest BCUT2D eigenvalue weighted by atomic mass is 10.4. The molecule has 0 saturated carbocycles. The van der Waals surface area contributed by atoms with E-state index in [1.807, 2.05) is 4.98 Å². The van der Waals surface area contributed by atoms with Gasteiger partial charge in [-0.25, -0.2) is 9.59 Å². The highest BCUT2D eigenvalue weighted by Gasteiger charge is 2.10. The van der Waals surface area contributed by atoms with Crippen LogP contribution >= 0.6 is 0 Å². The number of rotatable bonds is 3. The van der Waals surface area contributed by atoms with E-state index >= 15 is 0 Å². The van der Waals surface area contributed by atoms with E-state index < -0.39 is 17.2 Å². The molecular formula is C7H6N6O4. The fourth-order valence-electron chi connectivity index (χ4n) is 0.983. The molecule has 0 spiro atoms. The molecule has 2 aromatic rings. The molecule has 0 saturated heterocycles. The summed E-state index contributed by atoms with van der Waals surface area (Å²) in [7, 11) is 0. The molecule has 0 aliphatic heterocycles. The molecule has 0 bridgehead atoms. The van der Waals surface area contributed by atoms with Crippen molar-refractivity contribution in [3.05, 3.63) is 38.8 Å². The molecule has 0 aromatic carbocycles. The molecule has 2 aromatic heterocycles.